The number of halogens is 1. The van der Waals surface area contributed by atoms with Gasteiger partial charge >= 0.3 is 5.97 Å². The number of anilines is 1. The Morgan fingerprint density at radius 3 is 2.49 bits per heavy atom. The summed E-state index contributed by atoms with van der Waals surface area (Å²) in [6, 6.07) is 5.75. The number of nitrogens with zero attached hydrogens (tertiary/aromatic N) is 3. The van der Waals surface area contributed by atoms with Gasteiger partial charge in [0.2, 0.25) is 16.0 Å². The first-order chi connectivity index (χ1) is 16.3. The van der Waals surface area contributed by atoms with Gasteiger partial charge in [0.25, 0.3) is 0 Å². The number of hydrogen-bond acceptors (Lipinski definition) is 7. The number of carboxylic acid groups (broad SMARTS) is 1. The van der Waals surface area contributed by atoms with Gasteiger partial charge in [-0.15, -0.1) is 0 Å². The summed E-state index contributed by atoms with van der Waals surface area (Å²) in [5.41, 5.74) is 2.26. The Balaban J connectivity index is 2.11. The third kappa shape index (κ3) is 6.83. The van der Waals surface area contributed by atoms with Crippen molar-refractivity contribution in [1.29, 1.82) is 0 Å². The van der Waals surface area contributed by atoms with E-state index in [0.29, 0.717) is 28.9 Å². The van der Waals surface area contributed by atoms with E-state index in [0.717, 1.165) is 10.6 Å². The molecule has 3 rings (SSSR count). The third-order valence-corrected chi connectivity index (χ3v) is 6.69. The number of carbonyl (C=O) groups is 1. The molecule has 9 nitrogen and oxygen atoms in total. The zero-order valence-corrected chi connectivity index (χ0v) is 21.1. The molecule has 1 aliphatic rings. The van der Waals surface area contributed by atoms with Crippen LogP contribution < -0.4 is 4.31 Å². The zero-order chi connectivity index (χ0) is 25.9. The maximum atomic E-state index is 13.6. The van der Waals surface area contributed by atoms with Crippen molar-refractivity contribution in [3.8, 4) is 11.3 Å². The topological polar surface area (TPSA) is 119 Å². The van der Waals surface area contributed by atoms with Crippen LogP contribution in [-0.4, -0.2) is 61.3 Å². The van der Waals surface area contributed by atoms with Crippen LogP contribution in [0.25, 0.3) is 17.3 Å². The highest BCUT2D eigenvalue weighted by atomic mass is 32.2. The Hall–Kier alpha value is -2.89. The molecule has 1 N–H and O–H groups in total. The predicted molar refractivity (Wildman–Crippen MR) is 130 cm³/mol. The highest BCUT2D eigenvalue weighted by molar-refractivity contribution is 7.92. The van der Waals surface area contributed by atoms with Gasteiger partial charge in [0.15, 0.2) is 6.29 Å². The Morgan fingerprint density at radius 1 is 1.26 bits per heavy atom. The number of aliphatic carboxylic acids is 1. The molecule has 1 fully saturated rings. The van der Waals surface area contributed by atoms with Gasteiger partial charge in [-0.3, -0.25) is 4.79 Å². The minimum atomic E-state index is -3.62. The molecule has 2 heterocycles. The smallest absolute Gasteiger partial charge is 0.305 e. The largest absolute Gasteiger partial charge is 0.481 e. The SMILES string of the molecule is CC1OC(/C=C/c2c(-c3ccc(F)cc3)nc(N(C)S(C)(=O)=O)nc2C(C)C)CC(CC(=O)O)O1. The van der Waals surface area contributed by atoms with Crippen molar-refractivity contribution in [2.45, 2.75) is 58.0 Å². The van der Waals surface area contributed by atoms with Gasteiger partial charge in [0.05, 0.1) is 36.3 Å². The molecule has 2 aromatic rings. The standard InChI is InChI=1S/C24H30FN3O6S/c1-14(2)22-20(11-10-18-12-19(13-21(29)30)34-15(3)33-18)23(16-6-8-17(25)9-7-16)27-24(26-22)28(4)35(5,31)32/h6-11,14-15,18-19H,12-13H2,1-5H3,(H,29,30)/b11-10+. The van der Waals surface area contributed by atoms with E-state index in [1.165, 1.54) is 19.2 Å². The van der Waals surface area contributed by atoms with E-state index in [2.05, 4.69) is 9.97 Å². The molecule has 0 amide bonds. The number of benzene rings is 1. The summed E-state index contributed by atoms with van der Waals surface area (Å²) in [7, 11) is -2.25. The first-order valence-electron chi connectivity index (χ1n) is 11.2. The minimum absolute atomic E-state index is 0.00476. The lowest BCUT2D eigenvalue weighted by molar-refractivity contribution is -0.224. The zero-order valence-electron chi connectivity index (χ0n) is 20.3. The highest BCUT2D eigenvalue weighted by Crippen LogP contribution is 2.32. The quantitative estimate of drug-likeness (QED) is 0.573. The summed E-state index contributed by atoms with van der Waals surface area (Å²) in [5.74, 6) is -1.46. The lowest BCUT2D eigenvalue weighted by atomic mass is 9.97. The van der Waals surface area contributed by atoms with E-state index >= 15 is 0 Å². The molecule has 0 bridgehead atoms. The third-order valence-electron chi connectivity index (χ3n) is 5.53. The van der Waals surface area contributed by atoms with E-state index in [1.807, 2.05) is 13.8 Å². The average Bonchev–Trinajstić information content (AvgIpc) is 2.75. The van der Waals surface area contributed by atoms with Crippen LogP contribution in [-0.2, 0) is 24.3 Å². The van der Waals surface area contributed by atoms with Crippen molar-refractivity contribution in [3.63, 3.8) is 0 Å². The van der Waals surface area contributed by atoms with Crippen LogP contribution in [0.1, 0.15) is 50.8 Å². The number of ether oxygens (including phenoxy) is 2. The van der Waals surface area contributed by atoms with Gasteiger partial charge in [-0.2, -0.15) is 0 Å². The fraction of sp³-hybridized carbons (Fsp3) is 0.458. The second kappa shape index (κ2) is 10.8. The molecule has 1 aromatic heterocycles. The van der Waals surface area contributed by atoms with E-state index < -0.39 is 40.3 Å². The van der Waals surface area contributed by atoms with Crippen molar-refractivity contribution in [2.24, 2.45) is 0 Å². The Kier molecular flexibility index (Phi) is 8.24. The fourth-order valence-corrected chi connectivity index (χ4v) is 4.15. The van der Waals surface area contributed by atoms with Crippen LogP contribution in [0.3, 0.4) is 0 Å². The summed E-state index contributed by atoms with van der Waals surface area (Å²) >= 11 is 0. The van der Waals surface area contributed by atoms with Gasteiger partial charge in [0, 0.05) is 24.6 Å². The second-order valence-corrected chi connectivity index (χ2v) is 10.8. The van der Waals surface area contributed by atoms with Crippen LogP contribution in [0.2, 0.25) is 0 Å². The predicted octanol–water partition coefficient (Wildman–Crippen LogP) is 3.81. The number of rotatable bonds is 8. The van der Waals surface area contributed by atoms with Crippen LogP contribution in [0.15, 0.2) is 30.3 Å². The van der Waals surface area contributed by atoms with Crippen molar-refractivity contribution in [1.82, 2.24) is 9.97 Å². The van der Waals surface area contributed by atoms with Gasteiger partial charge in [-0.25, -0.2) is 27.1 Å². The first kappa shape index (κ1) is 26.7. The van der Waals surface area contributed by atoms with Gasteiger partial charge < -0.3 is 14.6 Å². The van der Waals surface area contributed by atoms with Crippen molar-refractivity contribution < 1.29 is 32.2 Å². The molecule has 0 spiro atoms. The molecule has 35 heavy (non-hydrogen) atoms. The number of carboxylic acids is 1. The molecule has 0 radical (unpaired) electrons. The van der Waals surface area contributed by atoms with Crippen molar-refractivity contribution >= 4 is 28.0 Å². The van der Waals surface area contributed by atoms with Crippen LogP contribution >= 0.6 is 0 Å². The summed E-state index contributed by atoms with van der Waals surface area (Å²) in [5, 5.41) is 9.12. The molecule has 3 atom stereocenters. The van der Waals surface area contributed by atoms with E-state index in [9.17, 15) is 17.6 Å². The fourth-order valence-electron chi connectivity index (χ4n) is 3.77. The summed E-state index contributed by atoms with van der Waals surface area (Å²) in [6.45, 7) is 5.56. The molecule has 3 unspecified atom stereocenters. The van der Waals surface area contributed by atoms with E-state index in [1.54, 1.807) is 31.2 Å². The molecule has 1 saturated heterocycles. The van der Waals surface area contributed by atoms with E-state index in [-0.39, 0.29) is 18.3 Å². The molecule has 1 aromatic carbocycles. The summed E-state index contributed by atoms with van der Waals surface area (Å²) < 4.78 is 50.3. The molecular formula is C24H30FN3O6S. The molecular weight excluding hydrogens is 477 g/mol. The molecule has 11 heteroatoms. The van der Waals surface area contributed by atoms with Crippen LogP contribution in [0.4, 0.5) is 10.3 Å². The minimum Gasteiger partial charge on any atom is -0.481 e. The van der Waals surface area contributed by atoms with Gasteiger partial charge in [0.1, 0.15) is 5.82 Å². The Morgan fingerprint density at radius 2 is 1.91 bits per heavy atom. The number of aromatic nitrogens is 2. The van der Waals surface area contributed by atoms with Crippen LogP contribution in [0, 0.1) is 5.82 Å². The average molecular weight is 508 g/mol. The highest BCUT2D eigenvalue weighted by Gasteiger charge is 2.28. The Bertz CT molecular complexity index is 1200. The van der Waals surface area contributed by atoms with E-state index in [4.69, 9.17) is 14.6 Å². The lowest BCUT2D eigenvalue weighted by Gasteiger charge is -2.32. The molecule has 0 aliphatic carbocycles. The molecule has 1 aliphatic heterocycles. The van der Waals surface area contributed by atoms with Crippen LogP contribution in [0.5, 0.6) is 0 Å². The van der Waals surface area contributed by atoms with Crippen molar-refractivity contribution in [2.75, 3.05) is 17.6 Å². The Labute approximate surface area is 204 Å². The molecule has 190 valence electrons. The van der Waals surface area contributed by atoms with Gasteiger partial charge in [-0.05, 0) is 37.1 Å². The first-order valence-corrected chi connectivity index (χ1v) is 13.0. The van der Waals surface area contributed by atoms with Crippen molar-refractivity contribution in [3.05, 3.63) is 47.4 Å². The number of hydrogen-bond donors (Lipinski definition) is 1. The monoisotopic (exact) mass is 507 g/mol. The van der Waals surface area contributed by atoms with Gasteiger partial charge in [-0.1, -0.05) is 26.0 Å². The maximum absolute atomic E-state index is 13.6. The normalized spacial score (nSPS) is 20.9. The maximum Gasteiger partial charge on any atom is 0.305 e. The summed E-state index contributed by atoms with van der Waals surface area (Å²) in [4.78, 5) is 20.2. The summed E-state index contributed by atoms with van der Waals surface area (Å²) in [6.07, 6.45) is 3.39. The second-order valence-electron chi connectivity index (χ2n) is 8.76. The molecule has 0 saturated carbocycles. The number of sulfonamides is 1. The lowest BCUT2D eigenvalue weighted by Crippen LogP contribution is -2.36.